The number of guanidine groups is 1. The summed E-state index contributed by atoms with van der Waals surface area (Å²) < 4.78 is 5.49. The molecule has 1 unspecified atom stereocenters. The SMILES string of the molecule is CN=C(NCCC(C)C)NCCC1CCCN(C(=O)OC(C)(C)C)C1. The Balaban J connectivity index is 2.31. The zero-order chi connectivity index (χ0) is 18.9. The van der Waals surface area contributed by atoms with E-state index in [1.54, 1.807) is 7.05 Å². The standard InChI is InChI=1S/C19H38N4O2/c1-15(2)9-11-21-17(20-6)22-12-10-16-8-7-13-23(14-16)18(24)25-19(3,4)5/h15-16H,7-14H2,1-6H3,(H2,20,21,22). The van der Waals surface area contributed by atoms with E-state index < -0.39 is 5.60 Å². The van der Waals surface area contributed by atoms with Gasteiger partial charge in [0.25, 0.3) is 0 Å². The second kappa shape index (κ2) is 10.5. The van der Waals surface area contributed by atoms with Crippen molar-refractivity contribution in [3.05, 3.63) is 0 Å². The molecule has 0 bridgehead atoms. The summed E-state index contributed by atoms with van der Waals surface area (Å²) in [6.45, 7) is 13.6. The van der Waals surface area contributed by atoms with E-state index in [-0.39, 0.29) is 6.09 Å². The van der Waals surface area contributed by atoms with Gasteiger partial charge in [-0.3, -0.25) is 4.99 Å². The average molecular weight is 355 g/mol. The van der Waals surface area contributed by atoms with Crippen molar-refractivity contribution < 1.29 is 9.53 Å². The lowest BCUT2D eigenvalue weighted by molar-refractivity contribution is 0.0162. The number of ether oxygens (including phenoxy) is 1. The Hall–Kier alpha value is -1.46. The van der Waals surface area contributed by atoms with Crippen LogP contribution in [0.4, 0.5) is 4.79 Å². The maximum Gasteiger partial charge on any atom is 0.410 e. The first-order valence-corrected chi connectivity index (χ1v) is 9.63. The second-order valence-corrected chi connectivity index (χ2v) is 8.33. The van der Waals surface area contributed by atoms with Gasteiger partial charge in [0.15, 0.2) is 5.96 Å². The predicted molar refractivity (Wildman–Crippen MR) is 104 cm³/mol. The van der Waals surface area contributed by atoms with Crippen molar-refractivity contribution in [2.75, 3.05) is 33.2 Å². The minimum atomic E-state index is -0.431. The third-order valence-electron chi connectivity index (χ3n) is 4.25. The fourth-order valence-corrected chi connectivity index (χ4v) is 2.89. The number of amides is 1. The fraction of sp³-hybridized carbons (Fsp3) is 0.895. The van der Waals surface area contributed by atoms with Gasteiger partial charge in [0, 0.05) is 33.2 Å². The molecule has 1 fully saturated rings. The van der Waals surface area contributed by atoms with Crippen molar-refractivity contribution in [3.8, 4) is 0 Å². The van der Waals surface area contributed by atoms with Crippen molar-refractivity contribution in [1.29, 1.82) is 0 Å². The summed E-state index contributed by atoms with van der Waals surface area (Å²) in [5.74, 6) is 2.06. The van der Waals surface area contributed by atoms with Gasteiger partial charge in [-0.05, 0) is 58.3 Å². The minimum absolute atomic E-state index is 0.184. The molecule has 6 nitrogen and oxygen atoms in total. The maximum absolute atomic E-state index is 12.2. The van der Waals surface area contributed by atoms with Crippen molar-refractivity contribution in [3.63, 3.8) is 0 Å². The first kappa shape index (κ1) is 21.6. The van der Waals surface area contributed by atoms with E-state index in [2.05, 4.69) is 29.5 Å². The van der Waals surface area contributed by atoms with Gasteiger partial charge in [-0.25, -0.2) is 4.79 Å². The molecule has 0 aliphatic carbocycles. The third kappa shape index (κ3) is 9.56. The van der Waals surface area contributed by atoms with Gasteiger partial charge in [-0.15, -0.1) is 0 Å². The van der Waals surface area contributed by atoms with Gasteiger partial charge in [-0.2, -0.15) is 0 Å². The quantitative estimate of drug-likeness (QED) is 0.568. The van der Waals surface area contributed by atoms with Crippen LogP contribution in [0.25, 0.3) is 0 Å². The van der Waals surface area contributed by atoms with Crippen LogP contribution in [0.3, 0.4) is 0 Å². The van der Waals surface area contributed by atoms with E-state index in [1.165, 1.54) is 6.42 Å². The first-order chi connectivity index (χ1) is 11.7. The summed E-state index contributed by atoms with van der Waals surface area (Å²) in [5, 5.41) is 6.72. The molecule has 1 atom stereocenters. The molecule has 6 heteroatoms. The first-order valence-electron chi connectivity index (χ1n) is 9.63. The molecule has 0 aromatic carbocycles. The smallest absolute Gasteiger partial charge is 0.410 e. The molecule has 0 spiro atoms. The summed E-state index contributed by atoms with van der Waals surface area (Å²) >= 11 is 0. The number of nitrogens with zero attached hydrogens (tertiary/aromatic N) is 2. The lowest BCUT2D eigenvalue weighted by Crippen LogP contribution is -2.44. The van der Waals surface area contributed by atoms with Crippen LogP contribution in [0.1, 0.15) is 60.3 Å². The predicted octanol–water partition coefficient (Wildman–Crippen LogP) is 3.23. The second-order valence-electron chi connectivity index (χ2n) is 8.33. The number of nitrogens with one attached hydrogen (secondary N) is 2. The Labute approximate surface area is 153 Å². The van der Waals surface area contributed by atoms with Crippen molar-refractivity contribution >= 4 is 12.1 Å². The summed E-state index contributed by atoms with van der Waals surface area (Å²) in [7, 11) is 1.80. The Morgan fingerprint density at radius 3 is 2.56 bits per heavy atom. The van der Waals surface area contributed by atoms with E-state index in [1.807, 2.05) is 25.7 Å². The number of likely N-dealkylation sites (tertiary alicyclic amines) is 1. The zero-order valence-electron chi connectivity index (χ0n) is 17.0. The van der Waals surface area contributed by atoms with Gasteiger partial charge in [-0.1, -0.05) is 13.8 Å². The number of piperidine rings is 1. The molecule has 146 valence electrons. The molecule has 1 aliphatic heterocycles. The highest BCUT2D eigenvalue weighted by Crippen LogP contribution is 2.21. The van der Waals surface area contributed by atoms with Gasteiger partial charge >= 0.3 is 6.09 Å². The van der Waals surface area contributed by atoms with E-state index in [0.29, 0.717) is 11.8 Å². The highest BCUT2D eigenvalue weighted by atomic mass is 16.6. The van der Waals surface area contributed by atoms with Gasteiger partial charge in [0.1, 0.15) is 5.60 Å². The molecule has 1 heterocycles. The maximum atomic E-state index is 12.2. The monoisotopic (exact) mass is 354 g/mol. The van der Waals surface area contributed by atoms with Crippen molar-refractivity contribution in [2.45, 2.75) is 65.9 Å². The number of hydrogen-bond acceptors (Lipinski definition) is 3. The van der Waals surface area contributed by atoms with E-state index >= 15 is 0 Å². The average Bonchev–Trinajstić information content (AvgIpc) is 2.51. The highest BCUT2D eigenvalue weighted by molar-refractivity contribution is 5.79. The van der Waals surface area contributed by atoms with Crippen molar-refractivity contribution in [2.24, 2.45) is 16.8 Å². The molecule has 0 aromatic heterocycles. The lowest BCUT2D eigenvalue weighted by Gasteiger charge is -2.34. The number of hydrogen-bond donors (Lipinski definition) is 2. The molecule has 0 radical (unpaired) electrons. The largest absolute Gasteiger partial charge is 0.444 e. The Bertz CT molecular complexity index is 430. The molecule has 25 heavy (non-hydrogen) atoms. The van der Waals surface area contributed by atoms with E-state index in [4.69, 9.17) is 4.74 Å². The Morgan fingerprint density at radius 1 is 1.28 bits per heavy atom. The number of carbonyl (C=O) groups excluding carboxylic acids is 1. The minimum Gasteiger partial charge on any atom is -0.444 e. The number of carbonyl (C=O) groups is 1. The zero-order valence-corrected chi connectivity index (χ0v) is 17.0. The van der Waals surface area contributed by atoms with Crippen LogP contribution in [0.5, 0.6) is 0 Å². The van der Waals surface area contributed by atoms with Crippen LogP contribution in [-0.2, 0) is 4.74 Å². The summed E-state index contributed by atoms with van der Waals surface area (Å²) in [6.07, 6.45) is 4.19. The molecular weight excluding hydrogens is 316 g/mol. The topological polar surface area (TPSA) is 66.0 Å². The molecule has 1 aliphatic rings. The van der Waals surface area contributed by atoms with Crippen LogP contribution < -0.4 is 10.6 Å². The molecule has 0 saturated carbocycles. The van der Waals surface area contributed by atoms with Gasteiger partial charge in [0.05, 0.1) is 0 Å². The fourth-order valence-electron chi connectivity index (χ4n) is 2.89. The van der Waals surface area contributed by atoms with Gasteiger partial charge in [0.2, 0.25) is 0 Å². The van der Waals surface area contributed by atoms with E-state index in [0.717, 1.165) is 51.4 Å². The van der Waals surface area contributed by atoms with Crippen LogP contribution in [-0.4, -0.2) is 55.8 Å². The molecule has 2 N–H and O–H groups in total. The molecule has 0 aromatic rings. The molecule has 1 amide bonds. The van der Waals surface area contributed by atoms with E-state index in [9.17, 15) is 4.79 Å². The van der Waals surface area contributed by atoms with Crippen LogP contribution in [0.15, 0.2) is 4.99 Å². The van der Waals surface area contributed by atoms with Crippen LogP contribution in [0.2, 0.25) is 0 Å². The van der Waals surface area contributed by atoms with Crippen LogP contribution >= 0.6 is 0 Å². The highest BCUT2D eigenvalue weighted by Gasteiger charge is 2.27. The summed E-state index contributed by atoms with van der Waals surface area (Å²) in [6, 6.07) is 0. The summed E-state index contributed by atoms with van der Waals surface area (Å²) in [5.41, 5.74) is -0.431. The molecule has 1 rings (SSSR count). The van der Waals surface area contributed by atoms with Crippen LogP contribution in [0, 0.1) is 11.8 Å². The normalized spacial score (nSPS) is 19.1. The summed E-state index contributed by atoms with van der Waals surface area (Å²) in [4.78, 5) is 18.3. The number of aliphatic imine (C=N–C) groups is 1. The molecular formula is C19H38N4O2. The van der Waals surface area contributed by atoms with Crippen molar-refractivity contribution in [1.82, 2.24) is 15.5 Å². The molecule has 1 saturated heterocycles. The third-order valence-corrected chi connectivity index (χ3v) is 4.25. The lowest BCUT2D eigenvalue weighted by atomic mass is 9.95. The Morgan fingerprint density at radius 2 is 1.96 bits per heavy atom. The Kier molecular flexibility index (Phi) is 9.08. The van der Waals surface area contributed by atoms with Gasteiger partial charge < -0.3 is 20.3 Å². The number of rotatable bonds is 6.